The molecule has 0 heterocycles. The highest BCUT2D eigenvalue weighted by atomic mass is 79.9. The Morgan fingerprint density at radius 1 is 1.16 bits per heavy atom. The lowest BCUT2D eigenvalue weighted by atomic mass is 10.2. The SMILES string of the molecule is O=[N+]([O-])c1cc(OC(F)(F)F)cc(C(F)(F)F)c1Br. The standard InChI is InChI=1S/C8H2BrF6NO3/c9-6-4(7(10,11)12)1-3(19-8(13,14)15)2-5(6)16(17)18/h1-2H. The van der Waals surface area contributed by atoms with Gasteiger partial charge >= 0.3 is 12.5 Å². The van der Waals surface area contributed by atoms with Crippen LogP contribution in [0.1, 0.15) is 5.56 Å². The first kappa shape index (κ1) is 15.5. The third kappa shape index (κ3) is 3.98. The van der Waals surface area contributed by atoms with E-state index in [0.717, 1.165) is 0 Å². The summed E-state index contributed by atoms with van der Waals surface area (Å²) in [6, 6.07) is 0.261. The van der Waals surface area contributed by atoms with Gasteiger partial charge in [0.25, 0.3) is 5.69 Å². The summed E-state index contributed by atoms with van der Waals surface area (Å²) in [6.07, 6.45) is -10.3. The first-order chi connectivity index (χ1) is 8.42. The van der Waals surface area contributed by atoms with Gasteiger partial charge in [-0.1, -0.05) is 0 Å². The van der Waals surface area contributed by atoms with Gasteiger partial charge in [0.1, 0.15) is 10.2 Å². The van der Waals surface area contributed by atoms with E-state index in [1.807, 2.05) is 0 Å². The molecule has 19 heavy (non-hydrogen) atoms. The number of nitro benzene ring substituents is 1. The maximum atomic E-state index is 12.5. The average Bonchev–Trinajstić information content (AvgIpc) is 2.16. The third-order valence-corrected chi connectivity index (χ3v) is 2.60. The summed E-state index contributed by atoms with van der Waals surface area (Å²) in [7, 11) is 0. The Labute approximate surface area is 109 Å². The van der Waals surface area contributed by atoms with Crippen molar-refractivity contribution in [1.82, 2.24) is 0 Å². The molecule has 1 aromatic rings. The summed E-state index contributed by atoms with van der Waals surface area (Å²) in [5.74, 6) is -1.32. The molecule has 106 valence electrons. The van der Waals surface area contributed by atoms with Crippen molar-refractivity contribution in [2.45, 2.75) is 12.5 Å². The Morgan fingerprint density at radius 2 is 1.68 bits per heavy atom. The smallest absolute Gasteiger partial charge is 0.406 e. The molecule has 4 nitrogen and oxygen atoms in total. The molecule has 0 N–H and O–H groups in total. The lowest BCUT2D eigenvalue weighted by Gasteiger charge is -2.13. The lowest BCUT2D eigenvalue weighted by molar-refractivity contribution is -0.386. The van der Waals surface area contributed by atoms with Crippen LogP contribution in [-0.4, -0.2) is 11.3 Å². The second kappa shape index (κ2) is 4.87. The van der Waals surface area contributed by atoms with Crippen LogP contribution >= 0.6 is 15.9 Å². The van der Waals surface area contributed by atoms with Crippen molar-refractivity contribution in [2.24, 2.45) is 0 Å². The molecule has 0 aromatic heterocycles. The fraction of sp³-hybridized carbons (Fsp3) is 0.250. The summed E-state index contributed by atoms with van der Waals surface area (Å²) < 4.78 is 75.6. The molecule has 0 radical (unpaired) electrons. The van der Waals surface area contributed by atoms with Crippen LogP contribution in [0.4, 0.5) is 32.0 Å². The maximum Gasteiger partial charge on any atom is 0.573 e. The van der Waals surface area contributed by atoms with Gasteiger partial charge in [0, 0.05) is 0 Å². The summed E-state index contributed by atoms with van der Waals surface area (Å²) in [5.41, 5.74) is -2.82. The number of hydrogen-bond acceptors (Lipinski definition) is 3. The highest BCUT2D eigenvalue weighted by molar-refractivity contribution is 9.10. The van der Waals surface area contributed by atoms with Crippen LogP contribution in [0, 0.1) is 10.1 Å². The monoisotopic (exact) mass is 353 g/mol. The van der Waals surface area contributed by atoms with Crippen LogP contribution in [0.5, 0.6) is 5.75 Å². The van der Waals surface area contributed by atoms with E-state index in [-0.39, 0.29) is 12.1 Å². The fourth-order valence-electron chi connectivity index (χ4n) is 1.12. The zero-order valence-corrected chi connectivity index (χ0v) is 10.1. The van der Waals surface area contributed by atoms with E-state index < -0.39 is 38.9 Å². The van der Waals surface area contributed by atoms with E-state index >= 15 is 0 Å². The molecule has 11 heteroatoms. The van der Waals surface area contributed by atoms with E-state index in [4.69, 9.17) is 0 Å². The Kier molecular flexibility index (Phi) is 3.98. The zero-order chi connectivity index (χ0) is 15.0. The molecule has 0 saturated carbocycles. The predicted octanol–water partition coefficient (Wildman–Crippen LogP) is 4.27. The second-order valence-electron chi connectivity index (χ2n) is 3.11. The summed E-state index contributed by atoms with van der Waals surface area (Å²) >= 11 is 2.33. The molecule has 1 aromatic carbocycles. The van der Waals surface area contributed by atoms with Crippen LogP contribution in [0.3, 0.4) is 0 Å². The van der Waals surface area contributed by atoms with E-state index in [1.165, 1.54) is 0 Å². The molecule has 0 aliphatic heterocycles. The minimum Gasteiger partial charge on any atom is -0.406 e. The van der Waals surface area contributed by atoms with Gasteiger partial charge in [-0.3, -0.25) is 10.1 Å². The van der Waals surface area contributed by atoms with Gasteiger partial charge in [-0.25, -0.2) is 0 Å². The number of nitrogens with zero attached hydrogens (tertiary/aromatic N) is 1. The Bertz CT molecular complexity index is 512. The van der Waals surface area contributed by atoms with Crippen molar-refractivity contribution in [1.29, 1.82) is 0 Å². The normalized spacial score (nSPS) is 12.4. The van der Waals surface area contributed by atoms with Crippen molar-refractivity contribution >= 4 is 21.6 Å². The molecule has 1 rings (SSSR count). The number of benzene rings is 1. The maximum absolute atomic E-state index is 12.5. The summed E-state index contributed by atoms with van der Waals surface area (Å²) in [5, 5.41) is 10.5. The molecule has 0 atom stereocenters. The van der Waals surface area contributed by atoms with Crippen LogP contribution in [0.15, 0.2) is 16.6 Å². The van der Waals surface area contributed by atoms with Crippen LogP contribution < -0.4 is 4.74 Å². The molecular weight excluding hydrogens is 352 g/mol. The molecule has 0 amide bonds. The van der Waals surface area contributed by atoms with Crippen molar-refractivity contribution < 1.29 is 36.0 Å². The number of nitro groups is 1. The second-order valence-corrected chi connectivity index (χ2v) is 3.90. The van der Waals surface area contributed by atoms with E-state index in [0.29, 0.717) is 0 Å². The number of halogens is 7. The van der Waals surface area contributed by atoms with Crippen molar-refractivity contribution in [2.75, 3.05) is 0 Å². The van der Waals surface area contributed by atoms with Crippen molar-refractivity contribution in [3.8, 4) is 5.75 Å². The number of alkyl halides is 6. The van der Waals surface area contributed by atoms with Gasteiger partial charge in [0.2, 0.25) is 0 Å². The Hall–Kier alpha value is -1.52. The molecule has 0 bridgehead atoms. The minimum atomic E-state index is -5.26. The number of rotatable bonds is 2. The van der Waals surface area contributed by atoms with Gasteiger partial charge in [0.15, 0.2) is 0 Å². The predicted molar refractivity (Wildman–Crippen MR) is 52.5 cm³/mol. The van der Waals surface area contributed by atoms with Gasteiger partial charge in [-0.2, -0.15) is 13.2 Å². The highest BCUT2D eigenvalue weighted by Gasteiger charge is 2.39. The third-order valence-electron chi connectivity index (χ3n) is 1.76. The quantitative estimate of drug-likeness (QED) is 0.453. The topological polar surface area (TPSA) is 52.4 Å². The Morgan fingerprint density at radius 3 is 2.05 bits per heavy atom. The molecule has 0 fully saturated rings. The van der Waals surface area contributed by atoms with Crippen molar-refractivity contribution in [3.63, 3.8) is 0 Å². The largest absolute Gasteiger partial charge is 0.573 e. The molecule has 0 spiro atoms. The molecule has 0 unspecified atom stereocenters. The summed E-state index contributed by atoms with van der Waals surface area (Å²) in [4.78, 5) is 9.23. The molecular formula is C8H2BrF6NO3. The van der Waals surface area contributed by atoms with Crippen LogP contribution in [0.25, 0.3) is 0 Å². The van der Waals surface area contributed by atoms with E-state index in [9.17, 15) is 36.5 Å². The first-order valence-corrected chi connectivity index (χ1v) is 5.02. The molecule has 0 aliphatic carbocycles. The van der Waals surface area contributed by atoms with E-state index in [1.54, 1.807) is 0 Å². The van der Waals surface area contributed by atoms with Gasteiger partial charge in [-0.15, -0.1) is 13.2 Å². The van der Waals surface area contributed by atoms with Crippen LogP contribution in [0.2, 0.25) is 0 Å². The van der Waals surface area contributed by atoms with Gasteiger partial charge in [0.05, 0.1) is 16.6 Å². The zero-order valence-electron chi connectivity index (χ0n) is 8.47. The summed E-state index contributed by atoms with van der Waals surface area (Å²) in [6.45, 7) is 0. The highest BCUT2D eigenvalue weighted by Crippen LogP contribution is 2.42. The number of ether oxygens (including phenoxy) is 1. The van der Waals surface area contributed by atoms with Crippen molar-refractivity contribution in [3.05, 3.63) is 32.3 Å². The fourth-order valence-corrected chi connectivity index (χ4v) is 1.71. The van der Waals surface area contributed by atoms with Gasteiger partial charge < -0.3 is 4.74 Å². The van der Waals surface area contributed by atoms with E-state index in [2.05, 4.69) is 20.7 Å². The number of hydrogen-bond donors (Lipinski definition) is 0. The first-order valence-electron chi connectivity index (χ1n) is 4.22. The van der Waals surface area contributed by atoms with Gasteiger partial charge in [-0.05, 0) is 22.0 Å². The molecule has 0 aliphatic rings. The van der Waals surface area contributed by atoms with Crippen LogP contribution in [-0.2, 0) is 6.18 Å². The average molecular weight is 354 g/mol. The minimum absolute atomic E-state index is 0.0184. The Balaban J connectivity index is 3.44. The lowest BCUT2D eigenvalue weighted by Crippen LogP contribution is -2.18. The molecule has 0 saturated heterocycles.